The number of hydrogen-bond acceptors (Lipinski definition) is 4. The minimum Gasteiger partial charge on any atom is -0.508 e. The van der Waals surface area contributed by atoms with Crippen molar-refractivity contribution in [3.63, 3.8) is 0 Å². The van der Waals surface area contributed by atoms with Crippen LogP contribution in [0.4, 0.5) is 0 Å². The molecule has 2 bridgehead atoms. The van der Waals surface area contributed by atoms with E-state index in [-0.39, 0.29) is 17.9 Å². The number of carbonyl (C=O) groups is 1. The number of nitrogens with one attached hydrogen (secondary N) is 1. The zero-order chi connectivity index (χ0) is 24.9. The van der Waals surface area contributed by atoms with Gasteiger partial charge in [0.15, 0.2) is 0 Å². The van der Waals surface area contributed by atoms with Crippen LogP contribution in [0, 0.1) is 5.92 Å². The fourth-order valence-electron chi connectivity index (χ4n) is 6.98. The number of phenolic OH excluding ortho intramolecular Hbond substituents is 1. The Bertz CT molecular complexity index is 980. The Labute approximate surface area is 216 Å². The van der Waals surface area contributed by atoms with Crippen molar-refractivity contribution in [3.05, 3.63) is 66.3 Å². The Morgan fingerprint density at radius 2 is 1.94 bits per heavy atom. The molecule has 4 atom stereocenters. The average molecular weight is 490 g/mol. The van der Waals surface area contributed by atoms with Crippen LogP contribution in [0.1, 0.15) is 75.8 Å². The van der Waals surface area contributed by atoms with Gasteiger partial charge in [-0.05, 0) is 61.8 Å². The zero-order valence-electron chi connectivity index (χ0n) is 21.7. The second-order valence-corrected chi connectivity index (χ2v) is 11.3. The predicted octanol–water partition coefficient (Wildman–Crippen LogP) is 5.50. The number of allylic oxidation sites excluding steroid dienone is 1. The maximum atomic E-state index is 13.0. The van der Waals surface area contributed by atoms with Crippen LogP contribution >= 0.6 is 0 Å². The molecule has 2 heterocycles. The summed E-state index contributed by atoms with van der Waals surface area (Å²) in [5, 5.41) is 13.7. The fraction of sp³-hybridized carbons (Fsp3) is 0.581. The quantitative estimate of drug-likeness (QED) is 0.497. The highest BCUT2D eigenvalue weighted by Gasteiger charge is 2.40. The summed E-state index contributed by atoms with van der Waals surface area (Å²) in [6, 6.07) is 9.24. The molecule has 36 heavy (non-hydrogen) atoms. The lowest BCUT2D eigenvalue weighted by atomic mass is 9.84. The normalized spacial score (nSPS) is 28.7. The number of phenols is 1. The molecular formula is C31H43N3O2. The molecule has 1 amide bonds. The standard InChI is InChI=1S/C31H43N3O2/c1-2-19-33-20-18-27-11-7-12-28(22-33)34(27)30(25-8-6-13-29(35)21-25)23-14-16-24(17-15-23)31(36)32-26-9-4-3-5-10-26/h2,6,8,13-16,21,24,26-28,30,35H,1,3-5,7,9-12,17-20,22H2,(H,32,36). The maximum Gasteiger partial charge on any atom is 0.227 e. The van der Waals surface area contributed by atoms with Gasteiger partial charge in [-0.25, -0.2) is 0 Å². The summed E-state index contributed by atoms with van der Waals surface area (Å²) in [7, 11) is 0. The van der Waals surface area contributed by atoms with Crippen LogP contribution in [0.3, 0.4) is 0 Å². The number of benzene rings is 1. The molecule has 1 aromatic rings. The maximum absolute atomic E-state index is 13.0. The van der Waals surface area contributed by atoms with E-state index in [1.165, 1.54) is 44.1 Å². The van der Waals surface area contributed by atoms with Gasteiger partial charge in [0.1, 0.15) is 5.75 Å². The summed E-state index contributed by atoms with van der Waals surface area (Å²) < 4.78 is 0. The molecule has 0 aromatic heterocycles. The second kappa shape index (κ2) is 11.8. The van der Waals surface area contributed by atoms with Gasteiger partial charge in [-0.3, -0.25) is 14.6 Å². The summed E-state index contributed by atoms with van der Waals surface area (Å²) in [6.07, 6.45) is 20.2. The third-order valence-electron chi connectivity index (χ3n) is 8.77. The molecule has 4 unspecified atom stereocenters. The molecule has 1 saturated carbocycles. The van der Waals surface area contributed by atoms with Crippen LogP contribution < -0.4 is 5.32 Å². The van der Waals surface area contributed by atoms with Crippen LogP contribution in [0.25, 0.3) is 0 Å². The van der Waals surface area contributed by atoms with Gasteiger partial charge in [0.05, 0.1) is 12.0 Å². The Morgan fingerprint density at radius 1 is 1.11 bits per heavy atom. The molecule has 194 valence electrons. The van der Waals surface area contributed by atoms with Crippen LogP contribution in [0.15, 0.2) is 60.7 Å². The summed E-state index contributed by atoms with van der Waals surface area (Å²) in [5.74, 6) is 0.400. The first-order chi connectivity index (χ1) is 17.6. The highest BCUT2D eigenvalue weighted by molar-refractivity contribution is 5.81. The molecule has 1 aromatic carbocycles. The first-order valence-electron chi connectivity index (χ1n) is 14.2. The van der Waals surface area contributed by atoms with Crippen molar-refractivity contribution in [2.24, 2.45) is 5.92 Å². The largest absolute Gasteiger partial charge is 0.508 e. The SMILES string of the molecule is C=CCN1CCC2CCCC(C1)N2C(C1=CCC(C(=O)NC2CCCCC2)C=C1)c1cccc(O)c1. The Kier molecular flexibility index (Phi) is 8.28. The van der Waals surface area contributed by atoms with Crippen molar-refractivity contribution in [2.45, 2.75) is 88.4 Å². The third kappa shape index (κ3) is 5.78. The highest BCUT2D eigenvalue weighted by atomic mass is 16.3. The second-order valence-electron chi connectivity index (χ2n) is 11.3. The van der Waals surface area contributed by atoms with E-state index >= 15 is 0 Å². The Morgan fingerprint density at radius 3 is 2.69 bits per heavy atom. The van der Waals surface area contributed by atoms with Gasteiger partial charge in [-0.2, -0.15) is 0 Å². The van der Waals surface area contributed by atoms with E-state index in [1.54, 1.807) is 6.07 Å². The molecule has 5 rings (SSSR count). The van der Waals surface area contributed by atoms with Crippen LogP contribution in [0.5, 0.6) is 5.75 Å². The lowest BCUT2D eigenvalue weighted by molar-refractivity contribution is -0.124. The smallest absolute Gasteiger partial charge is 0.227 e. The molecular weight excluding hydrogens is 446 g/mol. The first kappa shape index (κ1) is 25.3. The summed E-state index contributed by atoms with van der Waals surface area (Å²) in [6.45, 7) is 7.08. The van der Waals surface area contributed by atoms with Crippen LogP contribution in [0.2, 0.25) is 0 Å². The number of carbonyl (C=O) groups excluding carboxylic acids is 1. The number of fused-ring (bicyclic) bond motifs is 2. The van der Waals surface area contributed by atoms with Gasteiger partial charge < -0.3 is 10.4 Å². The van der Waals surface area contributed by atoms with Gasteiger partial charge >= 0.3 is 0 Å². The molecule has 4 aliphatic rings. The predicted molar refractivity (Wildman–Crippen MR) is 146 cm³/mol. The van der Waals surface area contributed by atoms with Gasteiger partial charge in [-0.15, -0.1) is 6.58 Å². The summed E-state index contributed by atoms with van der Waals surface area (Å²) in [4.78, 5) is 18.3. The molecule has 0 radical (unpaired) electrons. The van der Waals surface area contributed by atoms with Crippen molar-refractivity contribution in [1.29, 1.82) is 0 Å². The van der Waals surface area contributed by atoms with E-state index in [0.29, 0.717) is 23.9 Å². The topological polar surface area (TPSA) is 55.8 Å². The molecule has 2 N–H and O–H groups in total. The van der Waals surface area contributed by atoms with E-state index < -0.39 is 0 Å². The molecule has 0 spiro atoms. The van der Waals surface area contributed by atoms with E-state index in [0.717, 1.165) is 50.9 Å². The minimum absolute atomic E-state index is 0.0905. The minimum atomic E-state index is -0.0905. The van der Waals surface area contributed by atoms with E-state index in [9.17, 15) is 9.90 Å². The monoisotopic (exact) mass is 489 g/mol. The fourth-order valence-corrected chi connectivity index (χ4v) is 6.98. The van der Waals surface area contributed by atoms with Gasteiger partial charge in [0.25, 0.3) is 0 Å². The number of amides is 1. The Balaban J connectivity index is 1.38. The average Bonchev–Trinajstić information content (AvgIpc) is 2.98. The van der Waals surface area contributed by atoms with E-state index in [1.807, 2.05) is 18.2 Å². The van der Waals surface area contributed by atoms with Crippen molar-refractivity contribution in [2.75, 3.05) is 19.6 Å². The molecule has 3 fully saturated rings. The zero-order valence-corrected chi connectivity index (χ0v) is 21.7. The van der Waals surface area contributed by atoms with Crippen molar-refractivity contribution >= 4 is 5.91 Å². The molecule has 2 saturated heterocycles. The molecule has 2 aliphatic carbocycles. The van der Waals surface area contributed by atoms with Crippen molar-refractivity contribution < 1.29 is 9.90 Å². The Hall–Kier alpha value is -2.37. The van der Waals surface area contributed by atoms with Crippen molar-refractivity contribution in [3.8, 4) is 5.75 Å². The first-order valence-corrected chi connectivity index (χ1v) is 14.2. The summed E-state index contributed by atoms with van der Waals surface area (Å²) in [5.41, 5.74) is 2.40. The van der Waals surface area contributed by atoms with E-state index in [4.69, 9.17) is 0 Å². The van der Waals surface area contributed by atoms with Gasteiger partial charge in [0, 0.05) is 37.8 Å². The number of aromatic hydroxyl groups is 1. The number of nitrogens with zero attached hydrogens (tertiary/aromatic N) is 2. The third-order valence-corrected chi connectivity index (χ3v) is 8.77. The molecule has 5 heteroatoms. The van der Waals surface area contributed by atoms with Crippen LogP contribution in [-0.2, 0) is 4.79 Å². The summed E-state index contributed by atoms with van der Waals surface area (Å²) >= 11 is 0. The molecule has 5 nitrogen and oxygen atoms in total. The number of rotatable bonds is 7. The number of hydrogen-bond donors (Lipinski definition) is 2. The van der Waals surface area contributed by atoms with E-state index in [2.05, 4.69) is 46.0 Å². The van der Waals surface area contributed by atoms with Gasteiger partial charge in [-0.1, -0.05) is 62.1 Å². The van der Waals surface area contributed by atoms with Crippen LogP contribution in [-0.4, -0.2) is 58.6 Å². The highest BCUT2D eigenvalue weighted by Crippen LogP contribution is 2.42. The van der Waals surface area contributed by atoms with Gasteiger partial charge in [0.2, 0.25) is 5.91 Å². The lowest BCUT2D eigenvalue weighted by Crippen LogP contribution is -2.50. The van der Waals surface area contributed by atoms with Crippen molar-refractivity contribution in [1.82, 2.24) is 15.1 Å². The lowest BCUT2D eigenvalue weighted by Gasteiger charge is -2.46. The number of piperidine rings is 1. The molecule has 2 aliphatic heterocycles.